The largest absolute Gasteiger partial charge is 0.392 e. The fourth-order valence-electron chi connectivity index (χ4n) is 2.03. The zero-order valence-electron chi connectivity index (χ0n) is 7.97. The van der Waals surface area contributed by atoms with Gasteiger partial charge in [-0.15, -0.1) is 0 Å². The SMILES string of the molecule is CC(N)C(=O)C1CCCC1C(F)(F)F. The molecule has 0 aromatic heterocycles. The summed E-state index contributed by atoms with van der Waals surface area (Å²) in [5.41, 5.74) is 5.30. The summed E-state index contributed by atoms with van der Waals surface area (Å²) in [5.74, 6) is -2.83. The molecule has 82 valence electrons. The summed E-state index contributed by atoms with van der Waals surface area (Å²) in [6.45, 7) is 1.44. The number of hydrogen-bond acceptors (Lipinski definition) is 2. The Kier molecular flexibility index (Phi) is 3.19. The van der Waals surface area contributed by atoms with Crippen LogP contribution in [0, 0.1) is 11.8 Å². The van der Waals surface area contributed by atoms with Crippen molar-refractivity contribution in [3.8, 4) is 0 Å². The standard InChI is InChI=1S/C9H14F3NO/c1-5(13)8(14)6-3-2-4-7(6)9(10,11)12/h5-7H,2-4,13H2,1H3. The monoisotopic (exact) mass is 209 g/mol. The first kappa shape index (κ1) is 11.5. The number of hydrogen-bond donors (Lipinski definition) is 1. The van der Waals surface area contributed by atoms with E-state index in [1.54, 1.807) is 0 Å². The van der Waals surface area contributed by atoms with Gasteiger partial charge >= 0.3 is 6.18 Å². The van der Waals surface area contributed by atoms with Crippen LogP contribution in [0.5, 0.6) is 0 Å². The van der Waals surface area contributed by atoms with Crippen LogP contribution in [0.3, 0.4) is 0 Å². The highest BCUT2D eigenvalue weighted by molar-refractivity contribution is 5.86. The van der Waals surface area contributed by atoms with Gasteiger partial charge in [-0.1, -0.05) is 6.42 Å². The first-order valence-electron chi connectivity index (χ1n) is 4.70. The maximum atomic E-state index is 12.4. The highest BCUT2D eigenvalue weighted by Gasteiger charge is 2.49. The molecule has 0 saturated heterocycles. The average molecular weight is 209 g/mol. The molecule has 0 aliphatic heterocycles. The molecule has 0 amide bonds. The third kappa shape index (κ3) is 2.26. The van der Waals surface area contributed by atoms with Gasteiger partial charge in [-0.05, 0) is 19.8 Å². The molecular formula is C9H14F3NO. The lowest BCUT2D eigenvalue weighted by atomic mass is 9.88. The van der Waals surface area contributed by atoms with E-state index in [0.29, 0.717) is 12.8 Å². The number of carbonyl (C=O) groups is 1. The Morgan fingerprint density at radius 2 is 2.00 bits per heavy atom. The van der Waals surface area contributed by atoms with Crippen LogP contribution in [0.4, 0.5) is 13.2 Å². The van der Waals surface area contributed by atoms with E-state index in [2.05, 4.69) is 0 Å². The summed E-state index contributed by atoms with van der Waals surface area (Å²) in [7, 11) is 0. The minimum atomic E-state index is -4.26. The highest BCUT2D eigenvalue weighted by Crippen LogP contribution is 2.43. The van der Waals surface area contributed by atoms with Gasteiger partial charge in [-0.25, -0.2) is 0 Å². The van der Waals surface area contributed by atoms with E-state index in [9.17, 15) is 18.0 Å². The van der Waals surface area contributed by atoms with Crippen LogP contribution in [0.25, 0.3) is 0 Å². The predicted molar refractivity (Wildman–Crippen MR) is 45.5 cm³/mol. The predicted octanol–water partition coefficient (Wildman–Crippen LogP) is 1.88. The van der Waals surface area contributed by atoms with Crippen molar-refractivity contribution < 1.29 is 18.0 Å². The van der Waals surface area contributed by atoms with Crippen LogP contribution >= 0.6 is 0 Å². The summed E-state index contributed by atoms with van der Waals surface area (Å²) in [6, 6.07) is -0.789. The molecule has 5 heteroatoms. The van der Waals surface area contributed by atoms with Crippen molar-refractivity contribution in [2.45, 2.75) is 38.4 Å². The molecule has 0 radical (unpaired) electrons. The van der Waals surface area contributed by atoms with Gasteiger partial charge in [0.2, 0.25) is 0 Å². The molecule has 0 aromatic rings. The fourth-order valence-corrected chi connectivity index (χ4v) is 2.03. The van der Waals surface area contributed by atoms with Crippen molar-refractivity contribution >= 4 is 5.78 Å². The van der Waals surface area contributed by atoms with Gasteiger partial charge in [0.25, 0.3) is 0 Å². The molecule has 0 aromatic carbocycles. The van der Waals surface area contributed by atoms with Gasteiger partial charge in [-0.3, -0.25) is 4.79 Å². The number of alkyl halides is 3. The minimum absolute atomic E-state index is 0.0621. The molecule has 0 spiro atoms. The van der Waals surface area contributed by atoms with Gasteiger partial charge < -0.3 is 5.73 Å². The zero-order valence-corrected chi connectivity index (χ0v) is 7.97. The Morgan fingerprint density at radius 1 is 1.43 bits per heavy atom. The second-order valence-corrected chi connectivity index (χ2v) is 3.88. The van der Waals surface area contributed by atoms with E-state index < -0.39 is 29.8 Å². The van der Waals surface area contributed by atoms with Crippen molar-refractivity contribution in [3.63, 3.8) is 0 Å². The Labute approximate surface area is 80.7 Å². The minimum Gasteiger partial charge on any atom is -0.322 e. The van der Waals surface area contributed by atoms with Crippen LogP contribution < -0.4 is 5.73 Å². The topological polar surface area (TPSA) is 43.1 Å². The molecule has 2 nitrogen and oxygen atoms in total. The van der Waals surface area contributed by atoms with E-state index in [1.807, 2.05) is 0 Å². The average Bonchev–Trinajstić information content (AvgIpc) is 2.48. The number of nitrogens with two attached hydrogens (primary N) is 1. The summed E-state index contributed by atoms with van der Waals surface area (Å²) < 4.78 is 37.3. The van der Waals surface area contributed by atoms with Crippen molar-refractivity contribution in [3.05, 3.63) is 0 Å². The second kappa shape index (κ2) is 3.88. The van der Waals surface area contributed by atoms with Crippen molar-refractivity contribution in [2.24, 2.45) is 17.6 Å². The maximum Gasteiger partial charge on any atom is 0.392 e. The molecule has 1 aliphatic rings. The number of ketones is 1. The van der Waals surface area contributed by atoms with Crippen molar-refractivity contribution in [2.75, 3.05) is 0 Å². The highest BCUT2D eigenvalue weighted by atomic mass is 19.4. The number of Topliss-reactive ketones (excluding diaryl/α,β-unsaturated/α-hetero) is 1. The molecule has 0 heterocycles. The van der Waals surface area contributed by atoms with E-state index in [1.165, 1.54) is 6.92 Å². The molecule has 1 aliphatic carbocycles. The molecule has 1 saturated carbocycles. The molecule has 1 fully saturated rings. The van der Waals surface area contributed by atoms with Gasteiger partial charge in [0, 0.05) is 5.92 Å². The summed E-state index contributed by atoms with van der Waals surface area (Å²) in [5, 5.41) is 0. The number of rotatable bonds is 2. The lowest BCUT2D eigenvalue weighted by molar-refractivity contribution is -0.186. The van der Waals surface area contributed by atoms with E-state index in [-0.39, 0.29) is 6.42 Å². The van der Waals surface area contributed by atoms with Crippen LogP contribution in [0.15, 0.2) is 0 Å². The Morgan fingerprint density at radius 3 is 2.43 bits per heavy atom. The van der Waals surface area contributed by atoms with Crippen molar-refractivity contribution in [1.29, 1.82) is 0 Å². The quantitative estimate of drug-likeness (QED) is 0.754. The van der Waals surface area contributed by atoms with Gasteiger partial charge in [0.05, 0.1) is 12.0 Å². The first-order valence-corrected chi connectivity index (χ1v) is 4.70. The first-order chi connectivity index (χ1) is 6.34. The van der Waals surface area contributed by atoms with Gasteiger partial charge in [0.1, 0.15) is 0 Å². The fraction of sp³-hybridized carbons (Fsp3) is 0.889. The van der Waals surface area contributed by atoms with Crippen LogP contribution in [0.2, 0.25) is 0 Å². The summed E-state index contributed by atoms with van der Waals surface area (Å²) in [4.78, 5) is 11.4. The molecule has 1 rings (SSSR count). The molecule has 3 atom stereocenters. The van der Waals surface area contributed by atoms with Gasteiger partial charge in [0.15, 0.2) is 5.78 Å². The second-order valence-electron chi connectivity index (χ2n) is 3.88. The molecule has 3 unspecified atom stereocenters. The van der Waals surface area contributed by atoms with Crippen molar-refractivity contribution in [1.82, 2.24) is 0 Å². The third-order valence-electron chi connectivity index (χ3n) is 2.75. The maximum absolute atomic E-state index is 12.4. The number of halogens is 3. The smallest absolute Gasteiger partial charge is 0.322 e. The van der Waals surface area contributed by atoms with E-state index in [4.69, 9.17) is 5.73 Å². The van der Waals surface area contributed by atoms with Crippen LogP contribution in [0.1, 0.15) is 26.2 Å². The molecule has 0 bridgehead atoms. The Hall–Kier alpha value is -0.580. The molecule has 14 heavy (non-hydrogen) atoms. The summed E-state index contributed by atoms with van der Waals surface area (Å²) in [6.07, 6.45) is -3.41. The zero-order chi connectivity index (χ0) is 10.9. The lowest BCUT2D eigenvalue weighted by Crippen LogP contribution is -2.38. The van der Waals surface area contributed by atoms with E-state index >= 15 is 0 Å². The third-order valence-corrected chi connectivity index (χ3v) is 2.75. The molecular weight excluding hydrogens is 195 g/mol. The summed E-state index contributed by atoms with van der Waals surface area (Å²) >= 11 is 0. The normalized spacial score (nSPS) is 30.4. The van der Waals surface area contributed by atoms with Crippen LogP contribution in [-0.2, 0) is 4.79 Å². The van der Waals surface area contributed by atoms with Crippen LogP contribution in [-0.4, -0.2) is 18.0 Å². The molecule has 2 N–H and O–H groups in total. The Balaban J connectivity index is 2.74. The Bertz CT molecular complexity index is 225. The number of carbonyl (C=O) groups excluding carboxylic acids is 1. The van der Waals surface area contributed by atoms with Gasteiger partial charge in [-0.2, -0.15) is 13.2 Å². The van der Waals surface area contributed by atoms with E-state index in [0.717, 1.165) is 0 Å². The lowest BCUT2D eigenvalue weighted by Gasteiger charge is -2.22.